The number of nitrogens with one attached hydrogen (secondary N) is 1. The van der Waals surface area contributed by atoms with Gasteiger partial charge in [0.25, 0.3) is 0 Å². The molecule has 1 fully saturated rings. The van der Waals surface area contributed by atoms with E-state index in [-0.39, 0.29) is 6.04 Å². The van der Waals surface area contributed by atoms with Crippen molar-refractivity contribution in [3.05, 3.63) is 29.3 Å². The summed E-state index contributed by atoms with van der Waals surface area (Å²) in [6.07, 6.45) is 3.08. The second kappa shape index (κ2) is 6.07. The molecule has 2 amide bonds. The fourth-order valence-corrected chi connectivity index (χ4v) is 2.66. The first-order chi connectivity index (χ1) is 9.49. The molecule has 1 unspecified atom stereocenters. The van der Waals surface area contributed by atoms with E-state index in [1.807, 2.05) is 39.0 Å². The van der Waals surface area contributed by atoms with Crippen LogP contribution in [0.1, 0.15) is 37.3 Å². The molecule has 0 radical (unpaired) electrons. The Morgan fingerprint density at radius 3 is 2.65 bits per heavy atom. The molecule has 0 aromatic heterocycles. The van der Waals surface area contributed by atoms with Crippen LogP contribution < -0.4 is 5.32 Å². The Morgan fingerprint density at radius 1 is 1.25 bits per heavy atom. The predicted octanol–water partition coefficient (Wildman–Crippen LogP) is 2.64. The van der Waals surface area contributed by atoms with Gasteiger partial charge >= 0.3 is 11.8 Å². The van der Waals surface area contributed by atoms with Crippen molar-refractivity contribution in [3.8, 4) is 0 Å². The van der Waals surface area contributed by atoms with Gasteiger partial charge < -0.3 is 10.2 Å². The van der Waals surface area contributed by atoms with Crippen LogP contribution in [0.25, 0.3) is 0 Å². The molecule has 20 heavy (non-hydrogen) atoms. The van der Waals surface area contributed by atoms with Gasteiger partial charge in [-0.15, -0.1) is 0 Å². The molecule has 0 saturated carbocycles. The summed E-state index contributed by atoms with van der Waals surface area (Å²) in [4.78, 5) is 26.0. The highest BCUT2D eigenvalue weighted by Gasteiger charge is 2.28. The van der Waals surface area contributed by atoms with Crippen molar-refractivity contribution in [2.75, 3.05) is 11.9 Å². The summed E-state index contributed by atoms with van der Waals surface area (Å²) in [6, 6.07) is 5.91. The largest absolute Gasteiger partial charge is 0.332 e. The second-order valence-corrected chi connectivity index (χ2v) is 5.62. The highest BCUT2D eigenvalue weighted by atomic mass is 16.2. The normalized spacial score (nSPS) is 18.8. The van der Waals surface area contributed by atoms with Gasteiger partial charge in [-0.05, 0) is 51.7 Å². The van der Waals surface area contributed by atoms with Crippen LogP contribution in [0.15, 0.2) is 18.2 Å². The Bertz CT molecular complexity index is 525. The first-order valence-electron chi connectivity index (χ1n) is 7.18. The molecule has 1 aromatic carbocycles. The van der Waals surface area contributed by atoms with Crippen molar-refractivity contribution in [1.29, 1.82) is 0 Å². The Balaban J connectivity index is 2.05. The number of carbonyl (C=O) groups is 2. The highest BCUT2D eigenvalue weighted by molar-refractivity contribution is 6.39. The average Bonchev–Trinajstić information content (AvgIpc) is 2.41. The van der Waals surface area contributed by atoms with Crippen molar-refractivity contribution < 1.29 is 9.59 Å². The van der Waals surface area contributed by atoms with Crippen molar-refractivity contribution in [3.63, 3.8) is 0 Å². The van der Waals surface area contributed by atoms with E-state index in [9.17, 15) is 9.59 Å². The minimum atomic E-state index is -0.536. The third kappa shape index (κ3) is 3.18. The maximum Gasteiger partial charge on any atom is 0.313 e. The molecule has 1 N–H and O–H groups in total. The van der Waals surface area contributed by atoms with Crippen LogP contribution in [0.3, 0.4) is 0 Å². The zero-order chi connectivity index (χ0) is 14.7. The Labute approximate surface area is 120 Å². The lowest BCUT2D eigenvalue weighted by molar-refractivity contribution is -0.145. The molecular formula is C16H22N2O2. The summed E-state index contributed by atoms with van der Waals surface area (Å²) in [5.41, 5.74) is 2.81. The molecule has 4 heteroatoms. The summed E-state index contributed by atoms with van der Waals surface area (Å²) in [5, 5.41) is 2.72. The Morgan fingerprint density at radius 2 is 2.00 bits per heavy atom. The van der Waals surface area contributed by atoms with Crippen molar-refractivity contribution in [2.24, 2.45) is 0 Å². The molecule has 2 rings (SSSR count). The van der Waals surface area contributed by atoms with E-state index >= 15 is 0 Å². The molecule has 0 aliphatic carbocycles. The Kier molecular flexibility index (Phi) is 4.42. The molecule has 4 nitrogen and oxygen atoms in total. The zero-order valence-electron chi connectivity index (χ0n) is 12.4. The van der Waals surface area contributed by atoms with Crippen LogP contribution in [0.5, 0.6) is 0 Å². The maximum absolute atomic E-state index is 12.2. The van der Waals surface area contributed by atoms with E-state index in [1.165, 1.54) is 0 Å². The summed E-state index contributed by atoms with van der Waals surface area (Å²) >= 11 is 0. The lowest BCUT2D eigenvalue weighted by Crippen LogP contribution is -2.47. The number of hydrogen-bond acceptors (Lipinski definition) is 2. The fourth-order valence-electron chi connectivity index (χ4n) is 2.66. The number of likely N-dealkylation sites (tertiary alicyclic amines) is 1. The number of carbonyl (C=O) groups excluding carboxylic acids is 2. The van der Waals surface area contributed by atoms with Crippen molar-refractivity contribution >= 4 is 17.5 Å². The molecule has 1 heterocycles. The molecule has 1 atom stereocenters. The van der Waals surface area contributed by atoms with Gasteiger partial charge in [-0.3, -0.25) is 9.59 Å². The van der Waals surface area contributed by atoms with Gasteiger partial charge in [-0.25, -0.2) is 0 Å². The summed E-state index contributed by atoms with van der Waals surface area (Å²) in [6.45, 7) is 6.61. The van der Waals surface area contributed by atoms with E-state index in [1.54, 1.807) is 4.90 Å². The number of piperidine rings is 1. The van der Waals surface area contributed by atoms with Crippen LogP contribution in [0.4, 0.5) is 5.69 Å². The molecular weight excluding hydrogens is 252 g/mol. The van der Waals surface area contributed by atoms with Gasteiger partial charge in [0.1, 0.15) is 0 Å². The summed E-state index contributed by atoms with van der Waals surface area (Å²) in [5.74, 6) is -0.956. The Hall–Kier alpha value is -1.84. The second-order valence-electron chi connectivity index (χ2n) is 5.62. The number of benzene rings is 1. The van der Waals surface area contributed by atoms with Gasteiger partial charge in [-0.2, -0.15) is 0 Å². The molecule has 1 aliphatic rings. The average molecular weight is 274 g/mol. The van der Waals surface area contributed by atoms with Crippen LogP contribution >= 0.6 is 0 Å². The van der Waals surface area contributed by atoms with Crippen molar-refractivity contribution in [1.82, 2.24) is 4.90 Å². The lowest BCUT2D eigenvalue weighted by atomic mass is 10.0. The van der Waals surface area contributed by atoms with Crippen molar-refractivity contribution in [2.45, 2.75) is 46.1 Å². The standard InChI is InChI=1S/C16H22N2O2/c1-11-7-8-14(12(2)10-11)17-15(19)16(20)18-9-5-4-6-13(18)3/h7-8,10,13H,4-6,9H2,1-3H3,(H,17,19). The third-order valence-electron chi connectivity index (χ3n) is 3.89. The van der Waals surface area contributed by atoms with Gasteiger partial charge in [0.15, 0.2) is 0 Å². The zero-order valence-corrected chi connectivity index (χ0v) is 12.4. The van der Waals surface area contributed by atoms with E-state index in [0.29, 0.717) is 12.2 Å². The van der Waals surface area contributed by atoms with Crippen LogP contribution in [0.2, 0.25) is 0 Å². The number of rotatable bonds is 1. The lowest BCUT2D eigenvalue weighted by Gasteiger charge is -2.32. The van der Waals surface area contributed by atoms with Crippen LogP contribution in [-0.2, 0) is 9.59 Å². The molecule has 1 saturated heterocycles. The summed E-state index contributed by atoms with van der Waals surface area (Å²) in [7, 11) is 0. The number of nitrogens with zero attached hydrogens (tertiary/aromatic N) is 1. The number of amides is 2. The van der Waals surface area contributed by atoms with E-state index in [4.69, 9.17) is 0 Å². The molecule has 1 aromatic rings. The molecule has 108 valence electrons. The molecule has 0 spiro atoms. The first-order valence-corrected chi connectivity index (χ1v) is 7.18. The van der Waals surface area contributed by atoms with E-state index < -0.39 is 11.8 Å². The van der Waals surface area contributed by atoms with Gasteiger partial charge in [-0.1, -0.05) is 17.7 Å². The van der Waals surface area contributed by atoms with Gasteiger partial charge in [0.05, 0.1) is 0 Å². The highest BCUT2D eigenvalue weighted by Crippen LogP contribution is 2.19. The number of anilines is 1. The quantitative estimate of drug-likeness (QED) is 0.800. The number of hydrogen-bond donors (Lipinski definition) is 1. The van der Waals surface area contributed by atoms with Crippen LogP contribution in [0, 0.1) is 13.8 Å². The van der Waals surface area contributed by atoms with Gasteiger partial charge in [0, 0.05) is 18.3 Å². The molecule has 0 bridgehead atoms. The van der Waals surface area contributed by atoms with Gasteiger partial charge in [0.2, 0.25) is 0 Å². The van der Waals surface area contributed by atoms with E-state index in [0.717, 1.165) is 30.4 Å². The van der Waals surface area contributed by atoms with Crippen LogP contribution in [-0.4, -0.2) is 29.3 Å². The maximum atomic E-state index is 12.2. The summed E-state index contributed by atoms with van der Waals surface area (Å²) < 4.78 is 0. The first kappa shape index (κ1) is 14.6. The predicted molar refractivity (Wildman–Crippen MR) is 79.6 cm³/mol. The SMILES string of the molecule is Cc1ccc(NC(=O)C(=O)N2CCCCC2C)c(C)c1. The minimum Gasteiger partial charge on any atom is -0.332 e. The molecule has 1 aliphatic heterocycles. The monoisotopic (exact) mass is 274 g/mol. The topological polar surface area (TPSA) is 49.4 Å². The number of aryl methyl sites for hydroxylation is 2. The fraction of sp³-hybridized carbons (Fsp3) is 0.500. The smallest absolute Gasteiger partial charge is 0.313 e. The third-order valence-corrected chi connectivity index (χ3v) is 3.89. The van der Waals surface area contributed by atoms with E-state index in [2.05, 4.69) is 5.32 Å². The minimum absolute atomic E-state index is 0.154.